The van der Waals surface area contributed by atoms with Gasteiger partial charge in [-0.3, -0.25) is 19.7 Å². The molecule has 350 valence electrons. The Hall–Kier alpha value is -6.36. The monoisotopic (exact) mass is 932 g/mol. The number of nitrogens with zero attached hydrogens (tertiary/aromatic N) is 3. The van der Waals surface area contributed by atoms with E-state index in [1.54, 1.807) is 39.2 Å². The Morgan fingerprint density at radius 2 is 0.828 bits per heavy atom. The summed E-state index contributed by atoms with van der Waals surface area (Å²) in [6.07, 6.45) is -25.0. The highest BCUT2D eigenvalue weighted by atomic mass is 19.4. The fourth-order valence-electron chi connectivity index (χ4n) is 6.36. The molecule has 0 aliphatic rings. The number of carbonyl (C=O) groups is 2. The lowest BCUT2D eigenvalue weighted by molar-refractivity contribution is -0.384. The average molecular weight is 933 g/mol. The van der Waals surface area contributed by atoms with Crippen molar-refractivity contribution in [1.29, 1.82) is 0 Å². The van der Waals surface area contributed by atoms with Gasteiger partial charge in [0.15, 0.2) is 0 Å². The largest absolute Gasteiger partial charge is 0.435 e. The molecule has 24 heteroatoms. The second-order valence-corrected chi connectivity index (χ2v) is 14.7. The minimum Gasteiger partial charge on any atom is -0.397 e. The fourth-order valence-corrected chi connectivity index (χ4v) is 6.36. The molecule has 4 N–H and O–H groups in total. The minimum atomic E-state index is -6.28. The molecule has 0 spiro atoms. The number of nitro benzene ring substituents is 1. The normalized spacial score (nSPS) is 12.5. The molecular formula is C40H38F14N6O4. The lowest BCUT2D eigenvalue weighted by Gasteiger charge is -2.31. The third-order valence-corrected chi connectivity index (χ3v) is 9.59. The molecule has 4 aromatic rings. The number of aryl methyl sites for hydroxylation is 4. The van der Waals surface area contributed by atoms with Crippen molar-refractivity contribution in [2.24, 2.45) is 0 Å². The number of hydrogen-bond donors (Lipinski definition) is 3. The van der Waals surface area contributed by atoms with Crippen LogP contribution in [0.5, 0.6) is 0 Å². The molecule has 0 saturated carbocycles. The van der Waals surface area contributed by atoms with E-state index in [-0.39, 0.29) is 50.4 Å². The van der Waals surface area contributed by atoms with Crippen molar-refractivity contribution in [1.82, 2.24) is 0 Å². The van der Waals surface area contributed by atoms with E-state index in [0.29, 0.717) is 35.6 Å². The SMILES string of the molecule is Cc1cc(C(F)(C(F)(F)F)C(F)(F)F)cc(C)c1NC(=O)c1ccc(N(C)C)c(N)c1.Cc1cc(C(F)(C(F)(F)F)C(F)(F)F)cc(C)c1NC(=O)c1ccc(N(C)C)c([N+](=O)[O-])c1. The summed E-state index contributed by atoms with van der Waals surface area (Å²) in [5, 5.41) is 16.0. The number of carbonyl (C=O) groups excluding carboxylic acids is 2. The summed E-state index contributed by atoms with van der Waals surface area (Å²) >= 11 is 0. The van der Waals surface area contributed by atoms with Crippen LogP contribution in [0.25, 0.3) is 0 Å². The summed E-state index contributed by atoms with van der Waals surface area (Å²) in [6, 6.07) is 9.50. The van der Waals surface area contributed by atoms with Crippen LogP contribution >= 0.6 is 0 Å². The van der Waals surface area contributed by atoms with E-state index in [2.05, 4.69) is 10.6 Å². The van der Waals surface area contributed by atoms with Gasteiger partial charge in [0.1, 0.15) is 5.69 Å². The summed E-state index contributed by atoms with van der Waals surface area (Å²) < 4.78 is 185. The number of rotatable bonds is 9. The zero-order chi connectivity index (χ0) is 49.5. The van der Waals surface area contributed by atoms with E-state index in [9.17, 15) is 81.2 Å². The molecule has 64 heavy (non-hydrogen) atoms. The highest BCUT2D eigenvalue weighted by molar-refractivity contribution is 6.07. The molecule has 0 bridgehead atoms. The van der Waals surface area contributed by atoms with Gasteiger partial charge in [-0.15, -0.1) is 0 Å². The maximum Gasteiger partial charge on any atom is 0.435 e. The molecule has 0 atom stereocenters. The topological polar surface area (TPSA) is 134 Å². The maximum absolute atomic E-state index is 14.4. The van der Waals surface area contributed by atoms with E-state index in [1.165, 1.54) is 43.0 Å². The molecule has 4 aromatic carbocycles. The lowest BCUT2D eigenvalue weighted by Crippen LogP contribution is -2.50. The first-order chi connectivity index (χ1) is 28.9. The van der Waals surface area contributed by atoms with Gasteiger partial charge >= 0.3 is 36.0 Å². The fraction of sp³-hybridized carbons (Fsp3) is 0.350. The van der Waals surface area contributed by atoms with E-state index in [0.717, 1.165) is 19.9 Å². The Morgan fingerprint density at radius 1 is 0.531 bits per heavy atom. The maximum atomic E-state index is 14.4. The third kappa shape index (κ3) is 10.2. The van der Waals surface area contributed by atoms with Crippen LogP contribution in [0.3, 0.4) is 0 Å². The number of amides is 2. The van der Waals surface area contributed by atoms with E-state index in [1.807, 2.05) is 0 Å². The number of nitrogens with two attached hydrogens (primary N) is 1. The van der Waals surface area contributed by atoms with Crippen LogP contribution < -0.4 is 26.2 Å². The molecule has 0 radical (unpaired) electrons. The van der Waals surface area contributed by atoms with E-state index >= 15 is 0 Å². The number of hydrogen-bond acceptors (Lipinski definition) is 7. The van der Waals surface area contributed by atoms with Gasteiger partial charge in [0.05, 0.1) is 16.3 Å². The summed E-state index contributed by atoms with van der Waals surface area (Å²) in [5.41, 5.74) is -8.95. The summed E-state index contributed by atoms with van der Waals surface area (Å²) in [4.78, 5) is 38.9. The molecule has 0 saturated heterocycles. The van der Waals surface area contributed by atoms with Crippen LogP contribution in [0.1, 0.15) is 54.1 Å². The van der Waals surface area contributed by atoms with Crippen molar-refractivity contribution < 1.29 is 76.0 Å². The number of nitrogen functional groups attached to an aromatic ring is 1. The predicted molar refractivity (Wildman–Crippen MR) is 210 cm³/mol. The van der Waals surface area contributed by atoms with Crippen LogP contribution in [0.2, 0.25) is 0 Å². The van der Waals surface area contributed by atoms with Gasteiger partial charge in [-0.25, -0.2) is 8.78 Å². The Balaban J connectivity index is 0.000000341. The molecule has 2 amide bonds. The molecule has 0 fully saturated rings. The molecule has 0 unspecified atom stereocenters. The second-order valence-electron chi connectivity index (χ2n) is 14.7. The zero-order valence-corrected chi connectivity index (χ0v) is 34.6. The second kappa shape index (κ2) is 18.0. The molecule has 4 rings (SSSR count). The first-order valence-corrected chi connectivity index (χ1v) is 18.0. The third-order valence-electron chi connectivity index (χ3n) is 9.59. The number of alkyl halides is 14. The standard InChI is InChI=1S/C20H18F7N3O3.C20H20F7N3O/c1-10-7-13(18(21,19(22,23)24)20(25,26)27)8-11(2)16(10)28-17(31)12-5-6-14(29(3)4)15(9-12)30(32)33;1-10-7-13(18(21,19(22,23)24)20(25,26)27)8-11(2)16(10)29-17(31)12-5-6-15(30(3)4)14(28)9-12/h5-9H,1-4H3,(H,28,31);5-9H,28H2,1-4H3,(H,29,31). The molecule has 0 aromatic heterocycles. The molecular weight excluding hydrogens is 894 g/mol. The van der Waals surface area contributed by atoms with Gasteiger partial charge in [0.2, 0.25) is 0 Å². The first kappa shape index (κ1) is 52.0. The van der Waals surface area contributed by atoms with Gasteiger partial charge < -0.3 is 26.2 Å². The molecule has 0 aliphatic carbocycles. The number of anilines is 5. The van der Waals surface area contributed by atoms with Crippen molar-refractivity contribution >= 4 is 45.9 Å². The van der Waals surface area contributed by atoms with Gasteiger partial charge in [0, 0.05) is 67.9 Å². The smallest absolute Gasteiger partial charge is 0.397 e. The highest BCUT2D eigenvalue weighted by Gasteiger charge is 2.74. The van der Waals surface area contributed by atoms with Crippen LogP contribution in [-0.4, -0.2) is 69.6 Å². The Labute approximate surface area is 355 Å². The average Bonchev–Trinajstić information content (AvgIpc) is 3.14. The van der Waals surface area contributed by atoms with Gasteiger partial charge in [0.25, 0.3) is 17.5 Å². The Morgan fingerprint density at radius 3 is 1.09 bits per heavy atom. The number of benzene rings is 4. The van der Waals surface area contributed by atoms with E-state index < -0.39 is 69.6 Å². The van der Waals surface area contributed by atoms with Crippen LogP contribution in [0, 0.1) is 37.8 Å². The van der Waals surface area contributed by atoms with Gasteiger partial charge in [-0.1, -0.05) is 24.3 Å². The van der Waals surface area contributed by atoms with Crippen molar-refractivity contribution in [3.8, 4) is 0 Å². The summed E-state index contributed by atoms with van der Waals surface area (Å²) in [5.74, 6) is -1.59. The predicted octanol–water partition coefficient (Wildman–Crippen LogP) is 11.3. The van der Waals surface area contributed by atoms with Crippen molar-refractivity contribution in [3.63, 3.8) is 0 Å². The summed E-state index contributed by atoms with van der Waals surface area (Å²) in [7, 11) is 6.57. The lowest BCUT2D eigenvalue weighted by atomic mass is 9.90. The zero-order valence-electron chi connectivity index (χ0n) is 34.6. The van der Waals surface area contributed by atoms with E-state index in [4.69, 9.17) is 5.73 Å². The molecule has 10 nitrogen and oxygen atoms in total. The minimum absolute atomic E-state index is 0.0318. The number of nitro groups is 1. The Bertz CT molecular complexity index is 2350. The van der Waals surface area contributed by atoms with Crippen molar-refractivity contribution in [2.75, 3.05) is 54.4 Å². The first-order valence-electron chi connectivity index (χ1n) is 18.0. The Kier molecular flexibility index (Phi) is 14.6. The number of nitrogens with one attached hydrogen (secondary N) is 2. The van der Waals surface area contributed by atoms with Crippen LogP contribution in [0.15, 0.2) is 60.7 Å². The van der Waals surface area contributed by atoms with Gasteiger partial charge in [-0.05, 0) is 80.3 Å². The number of halogens is 14. The highest BCUT2D eigenvalue weighted by Crippen LogP contribution is 2.55. The molecule has 0 aliphatic heterocycles. The summed E-state index contributed by atoms with van der Waals surface area (Å²) in [6.45, 7) is 4.53. The van der Waals surface area contributed by atoms with Crippen molar-refractivity contribution in [3.05, 3.63) is 115 Å². The van der Waals surface area contributed by atoms with Crippen molar-refractivity contribution in [2.45, 2.75) is 63.7 Å². The van der Waals surface area contributed by atoms with Crippen LogP contribution in [-0.2, 0) is 11.3 Å². The molecule has 0 heterocycles. The van der Waals surface area contributed by atoms with Crippen LogP contribution in [0.4, 0.5) is 95.6 Å². The quantitative estimate of drug-likeness (QED) is 0.0658. The van der Waals surface area contributed by atoms with Gasteiger partial charge in [-0.2, -0.15) is 52.7 Å².